The summed E-state index contributed by atoms with van der Waals surface area (Å²) in [4.78, 5) is 25.3. The predicted molar refractivity (Wildman–Crippen MR) is 141 cm³/mol. The molecule has 0 saturated carbocycles. The van der Waals surface area contributed by atoms with Gasteiger partial charge in [0.25, 0.3) is 0 Å². The summed E-state index contributed by atoms with van der Waals surface area (Å²) >= 11 is 2.98. The zero-order chi connectivity index (χ0) is 23.2. The Morgan fingerprint density at radius 2 is 1.44 bits per heavy atom. The van der Waals surface area contributed by atoms with Crippen molar-refractivity contribution in [3.63, 3.8) is 0 Å². The first-order valence-corrected chi connectivity index (χ1v) is 12.8. The summed E-state index contributed by atoms with van der Waals surface area (Å²) in [6, 6.07) is 30.3. The molecule has 2 N–H and O–H groups in total. The second-order valence-corrected chi connectivity index (χ2v) is 9.49. The Kier molecular flexibility index (Phi) is 6.84. The van der Waals surface area contributed by atoms with Gasteiger partial charge in [-0.1, -0.05) is 103 Å². The highest BCUT2D eigenvalue weighted by molar-refractivity contribution is 7.99. The summed E-state index contributed by atoms with van der Waals surface area (Å²) in [6.07, 6.45) is 0.368. The highest BCUT2D eigenvalue weighted by Gasteiger charge is 2.15. The topological polar surface area (TPSA) is 70.7 Å². The van der Waals surface area contributed by atoms with Crippen LogP contribution in [-0.2, 0) is 4.79 Å². The molecule has 1 amide bonds. The molecule has 0 spiro atoms. The number of H-pyrrole nitrogens is 1. The summed E-state index contributed by atoms with van der Waals surface area (Å²) in [6.45, 7) is 0. The van der Waals surface area contributed by atoms with Crippen LogP contribution >= 0.6 is 23.1 Å². The summed E-state index contributed by atoms with van der Waals surface area (Å²) in [5.41, 5.74) is 5.94. The van der Waals surface area contributed by atoms with Crippen LogP contribution in [0, 0.1) is 0 Å². The van der Waals surface area contributed by atoms with Gasteiger partial charge in [-0.25, -0.2) is 9.97 Å². The van der Waals surface area contributed by atoms with Gasteiger partial charge < -0.3 is 10.3 Å². The van der Waals surface area contributed by atoms with Crippen LogP contribution in [0.4, 0.5) is 5.13 Å². The first kappa shape index (κ1) is 22.1. The van der Waals surface area contributed by atoms with Gasteiger partial charge in [0.05, 0.1) is 17.1 Å². The van der Waals surface area contributed by atoms with Crippen LogP contribution in [0.5, 0.6) is 0 Å². The maximum atomic E-state index is 12.5. The lowest BCUT2D eigenvalue weighted by Gasteiger charge is -2.02. The number of hydrogen-bond donors (Lipinski definition) is 2. The fraction of sp³-hybridized carbons (Fsp3) is 0.0741. The van der Waals surface area contributed by atoms with E-state index in [9.17, 15) is 4.79 Å². The standard InChI is InChI=1S/C27H22N4OS2/c32-23(29-26-28-22(18-34-26)19-10-4-1-5-11-19)16-17-33-27-30-24(20-12-6-2-7-13-20)25(31-27)21-14-8-3-9-15-21/h1-15,18H,16-17H2,(H,30,31)(H,28,29,32). The lowest BCUT2D eigenvalue weighted by Crippen LogP contribution is -2.12. The van der Waals surface area contributed by atoms with Crippen LogP contribution in [-0.4, -0.2) is 26.6 Å². The molecule has 0 aliphatic rings. The van der Waals surface area contributed by atoms with E-state index in [1.54, 1.807) is 11.8 Å². The molecule has 0 unspecified atom stereocenters. The van der Waals surface area contributed by atoms with Gasteiger partial charge in [0, 0.05) is 34.2 Å². The summed E-state index contributed by atoms with van der Waals surface area (Å²) in [5.74, 6) is 0.554. The average molecular weight is 483 g/mol. The Bertz CT molecular complexity index is 1310. The van der Waals surface area contributed by atoms with Crippen LogP contribution in [0.25, 0.3) is 33.8 Å². The van der Waals surface area contributed by atoms with Crippen LogP contribution in [0.15, 0.2) is 102 Å². The normalized spacial score (nSPS) is 10.8. The zero-order valence-corrected chi connectivity index (χ0v) is 19.9. The minimum atomic E-state index is -0.0559. The molecule has 0 bridgehead atoms. The number of carbonyl (C=O) groups excluding carboxylic acids is 1. The molecule has 5 aromatic rings. The number of thiazole rings is 1. The van der Waals surface area contributed by atoms with Crippen molar-refractivity contribution in [3.05, 3.63) is 96.4 Å². The van der Waals surface area contributed by atoms with Crippen molar-refractivity contribution in [2.24, 2.45) is 0 Å². The number of benzene rings is 3. The molecule has 5 rings (SSSR count). The molecule has 0 atom stereocenters. The first-order valence-electron chi connectivity index (χ1n) is 10.9. The Morgan fingerprint density at radius 3 is 2.12 bits per heavy atom. The van der Waals surface area contributed by atoms with E-state index in [1.165, 1.54) is 11.3 Å². The van der Waals surface area contributed by atoms with E-state index in [1.807, 2.05) is 72.1 Å². The van der Waals surface area contributed by atoms with Crippen molar-refractivity contribution in [1.82, 2.24) is 15.0 Å². The number of rotatable bonds is 8. The van der Waals surface area contributed by atoms with Gasteiger partial charge in [-0.2, -0.15) is 0 Å². The fourth-order valence-corrected chi connectivity index (χ4v) is 5.08. The number of amides is 1. The Labute approximate surface area is 206 Å². The van der Waals surface area contributed by atoms with Crippen LogP contribution in [0.1, 0.15) is 6.42 Å². The molecule has 0 aliphatic carbocycles. The Balaban J connectivity index is 1.23. The lowest BCUT2D eigenvalue weighted by molar-refractivity contribution is -0.115. The molecule has 2 aromatic heterocycles. The molecule has 5 nitrogen and oxygen atoms in total. The number of nitrogens with zero attached hydrogens (tertiary/aromatic N) is 2. The smallest absolute Gasteiger partial charge is 0.226 e. The Morgan fingerprint density at radius 1 is 0.824 bits per heavy atom. The lowest BCUT2D eigenvalue weighted by atomic mass is 10.1. The van der Waals surface area contributed by atoms with Gasteiger partial charge in [0.2, 0.25) is 5.91 Å². The number of anilines is 1. The van der Waals surface area contributed by atoms with Crippen molar-refractivity contribution in [2.45, 2.75) is 11.6 Å². The van der Waals surface area contributed by atoms with E-state index in [2.05, 4.69) is 39.6 Å². The van der Waals surface area contributed by atoms with Crippen molar-refractivity contribution >= 4 is 34.1 Å². The van der Waals surface area contributed by atoms with Gasteiger partial charge in [-0.3, -0.25) is 4.79 Å². The number of aromatic nitrogens is 3. The van der Waals surface area contributed by atoms with Gasteiger partial charge in [-0.15, -0.1) is 11.3 Å². The quantitative estimate of drug-likeness (QED) is 0.234. The fourth-order valence-electron chi connectivity index (χ4n) is 3.53. The maximum absolute atomic E-state index is 12.5. The Hall–Kier alpha value is -3.68. The molecule has 7 heteroatoms. The molecular formula is C27H22N4OS2. The second-order valence-electron chi connectivity index (χ2n) is 7.55. The summed E-state index contributed by atoms with van der Waals surface area (Å²) in [7, 11) is 0. The monoisotopic (exact) mass is 482 g/mol. The molecule has 0 fully saturated rings. The third kappa shape index (κ3) is 5.27. The second kappa shape index (κ2) is 10.5. The molecule has 168 valence electrons. The van der Waals surface area contributed by atoms with Crippen molar-refractivity contribution < 1.29 is 4.79 Å². The molecular weight excluding hydrogens is 460 g/mol. The van der Waals surface area contributed by atoms with E-state index in [0.29, 0.717) is 17.3 Å². The molecule has 0 saturated heterocycles. The number of hydrogen-bond acceptors (Lipinski definition) is 5. The molecule has 34 heavy (non-hydrogen) atoms. The number of imidazole rings is 1. The van der Waals surface area contributed by atoms with Crippen molar-refractivity contribution in [1.29, 1.82) is 0 Å². The highest BCUT2D eigenvalue weighted by atomic mass is 32.2. The largest absolute Gasteiger partial charge is 0.332 e. The van der Waals surface area contributed by atoms with Crippen molar-refractivity contribution in [2.75, 3.05) is 11.1 Å². The number of carbonyl (C=O) groups is 1. The van der Waals surface area contributed by atoms with Gasteiger partial charge in [0.15, 0.2) is 10.3 Å². The molecule has 3 aromatic carbocycles. The minimum Gasteiger partial charge on any atom is -0.332 e. The van der Waals surface area contributed by atoms with E-state index in [-0.39, 0.29) is 5.91 Å². The summed E-state index contributed by atoms with van der Waals surface area (Å²) < 4.78 is 0. The van der Waals surface area contributed by atoms with E-state index < -0.39 is 0 Å². The number of aromatic amines is 1. The maximum Gasteiger partial charge on any atom is 0.226 e. The van der Waals surface area contributed by atoms with Gasteiger partial charge >= 0.3 is 0 Å². The molecule has 0 radical (unpaired) electrons. The van der Waals surface area contributed by atoms with Gasteiger partial charge in [-0.05, 0) is 0 Å². The van der Waals surface area contributed by atoms with Crippen LogP contribution < -0.4 is 5.32 Å². The zero-order valence-electron chi connectivity index (χ0n) is 18.3. The minimum absolute atomic E-state index is 0.0559. The SMILES string of the molecule is O=C(CCSc1nc(-c2ccccc2)c(-c2ccccc2)[nH]1)Nc1nc(-c2ccccc2)cs1. The first-order chi connectivity index (χ1) is 16.8. The molecule has 2 heterocycles. The van der Waals surface area contributed by atoms with E-state index >= 15 is 0 Å². The highest BCUT2D eigenvalue weighted by Crippen LogP contribution is 2.33. The van der Waals surface area contributed by atoms with Crippen molar-refractivity contribution in [3.8, 4) is 33.8 Å². The van der Waals surface area contributed by atoms with E-state index in [4.69, 9.17) is 4.98 Å². The third-order valence-corrected chi connectivity index (χ3v) is 6.81. The molecule has 0 aliphatic heterocycles. The number of nitrogens with one attached hydrogen (secondary N) is 2. The van der Waals surface area contributed by atoms with Gasteiger partial charge in [0.1, 0.15) is 0 Å². The summed E-state index contributed by atoms with van der Waals surface area (Å²) in [5, 5.41) is 6.28. The number of thioether (sulfide) groups is 1. The average Bonchev–Trinajstić information content (AvgIpc) is 3.53. The van der Waals surface area contributed by atoms with Crippen LogP contribution in [0.2, 0.25) is 0 Å². The predicted octanol–water partition coefficient (Wildman–Crippen LogP) is 6.99. The third-order valence-electron chi connectivity index (χ3n) is 5.18. The van der Waals surface area contributed by atoms with E-state index in [0.717, 1.165) is 38.9 Å². The van der Waals surface area contributed by atoms with Crippen LogP contribution in [0.3, 0.4) is 0 Å².